The Bertz CT molecular complexity index is 494. The van der Waals surface area contributed by atoms with E-state index in [-0.39, 0.29) is 0 Å². The van der Waals surface area contributed by atoms with E-state index in [2.05, 4.69) is 0 Å². The normalized spacial score (nSPS) is 13.3. The molecule has 5 heteroatoms. The van der Waals surface area contributed by atoms with E-state index in [0.717, 1.165) is 0 Å². The molecule has 0 amide bonds. The lowest BCUT2D eigenvalue weighted by molar-refractivity contribution is -0.000863. The summed E-state index contributed by atoms with van der Waals surface area (Å²) in [5.41, 5.74) is 0. The maximum Gasteiger partial charge on any atom is 0.194 e. The van der Waals surface area contributed by atoms with E-state index in [9.17, 15) is 0 Å². The number of aliphatic hydroxyl groups is 2. The van der Waals surface area contributed by atoms with Crippen molar-refractivity contribution in [1.29, 1.82) is 0 Å². The molecule has 0 spiro atoms. The highest BCUT2D eigenvalue weighted by molar-refractivity contribution is 5.37. The van der Waals surface area contributed by atoms with Gasteiger partial charge in [0.15, 0.2) is 12.6 Å². The van der Waals surface area contributed by atoms with Gasteiger partial charge in [-0.25, -0.2) is 0 Å². The summed E-state index contributed by atoms with van der Waals surface area (Å²) in [5, 5.41) is 18.2. The van der Waals surface area contributed by atoms with Crippen molar-refractivity contribution in [3.8, 4) is 23.0 Å². The van der Waals surface area contributed by atoms with E-state index in [1.165, 1.54) is 0 Å². The Morgan fingerprint density at radius 2 is 0.905 bits per heavy atom. The molecule has 0 saturated heterocycles. The van der Waals surface area contributed by atoms with Crippen LogP contribution in [-0.2, 0) is 0 Å². The smallest absolute Gasteiger partial charge is 0.194 e. The van der Waals surface area contributed by atoms with Crippen molar-refractivity contribution in [1.82, 2.24) is 0 Å². The van der Waals surface area contributed by atoms with Crippen LogP contribution in [-0.4, -0.2) is 22.8 Å². The number of ether oxygens (including phenoxy) is 3. The Kier molecular flexibility index (Phi) is 5.03. The van der Waals surface area contributed by atoms with E-state index in [4.69, 9.17) is 24.4 Å². The van der Waals surface area contributed by atoms with Gasteiger partial charge < -0.3 is 24.4 Å². The van der Waals surface area contributed by atoms with E-state index >= 15 is 0 Å². The third-order valence-corrected chi connectivity index (χ3v) is 2.50. The average molecular weight is 290 g/mol. The quantitative estimate of drug-likeness (QED) is 0.801. The lowest BCUT2D eigenvalue weighted by atomic mass is 10.3. The minimum atomic E-state index is -0.849. The summed E-state index contributed by atoms with van der Waals surface area (Å²) in [6.45, 7) is 3.09. The zero-order valence-corrected chi connectivity index (χ0v) is 11.9. The molecule has 0 aliphatic carbocycles. The van der Waals surface area contributed by atoms with Crippen LogP contribution >= 0.6 is 0 Å². The molecule has 2 atom stereocenters. The van der Waals surface area contributed by atoms with Crippen LogP contribution in [0, 0.1) is 0 Å². The largest absolute Gasteiger partial charge is 0.465 e. The number of aliphatic hydroxyl groups excluding tert-OH is 2. The van der Waals surface area contributed by atoms with Crippen molar-refractivity contribution in [2.24, 2.45) is 0 Å². The highest BCUT2D eigenvalue weighted by atomic mass is 16.6. The fourth-order valence-corrected chi connectivity index (χ4v) is 1.70. The minimum Gasteiger partial charge on any atom is -0.465 e. The van der Waals surface area contributed by atoms with Crippen LogP contribution in [0.4, 0.5) is 0 Å². The summed E-state index contributed by atoms with van der Waals surface area (Å²) in [6, 6.07) is 13.9. The van der Waals surface area contributed by atoms with Crippen LogP contribution in [0.25, 0.3) is 0 Å². The molecular weight excluding hydrogens is 272 g/mol. The highest BCUT2D eigenvalue weighted by Gasteiger charge is 2.02. The van der Waals surface area contributed by atoms with Gasteiger partial charge in [-0.3, -0.25) is 0 Å². The summed E-state index contributed by atoms with van der Waals surface area (Å²) in [6.07, 6.45) is -1.70. The summed E-state index contributed by atoms with van der Waals surface area (Å²) < 4.78 is 15.9. The van der Waals surface area contributed by atoms with Crippen molar-refractivity contribution < 1.29 is 24.4 Å². The van der Waals surface area contributed by atoms with Crippen molar-refractivity contribution in [2.75, 3.05) is 0 Å². The van der Waals surface area contributed by atoms with E-state index in [1.807, 2.05) is 0 Å². The third kappa shape index (κ3) is 4.98. The fraction of sp³-hybridized carbons (Fsp3) is 0.250. The van der Waals surface area contributed by atoms with Crippen molar-refractivity contribution in [2.45, 2.75) is 26.4 Å². The molecule has 2 rings (SSSR count). The van der Waals surface area contributed by atoms with Gasteiger partial charge in [-0.05, 0) is 62.4 Å². The second kappa shape index (κ2) is 6.97. The Balaban J connectivity index is 1.97. The third-order valence-electron chi connectivity index (χ3n) is 2.50. The molecule has 0 fully saturated rings. The lowest BCUT2D eigenvalue weighted by Crippen LogP contribution is -2.09. The van der Waals surface area contributed by atoms with Crippen LogP contribution in [0.1, 0.15) is 13.8 Å². The summed E-state index contributed by atoms with van der Waals surface area (Å²) >= 11 is 0. The molecule has 2 N–H and O–H groups in total. The topological polar surface area (TPSA) is 68.2 Å². The molecule has 5 nitrogen and oxygen atoms in total. The number of hydrogen-bond acceptors (Lipinski definition) is 5. The molecular formula is C16H18O5. The fourth-order valence-electron chi connectivity index (χ4n) is 1.70. The van der Waals surface area contributed by atoms with Gasteiger partial charge in [0.05, 0.1) is 0 Å². The Morgan fingerprint density at radius 1 is 0.619 bits per heavy atom. The van der Waals surface area contributed by atoms with Crippen LogP contribution in [0.5, 0.6) is 23.0 Å². The Labute approximate surface area is 123 Å². The van der Waals surface area contributed by atoms with E-state index < -0.39 is 12.6 Å². The first-order valence-electron chi connectivity index (χ1n) is 6.60. The lowest BCUT2D eigenvalue weighted by Gasteiger charge is -2.11. The minimum absolute atomic E-state index is 0.568. The number of hydrogen-bond donors (Lipinski definition) is 2. The van der Waals surface area contributed by atoms with Gasteiger partial charge in [-0.15, -0.1) is 0 Å². The van der Waals surface area contributed by atoms with Crippen molar-refractivity contribution >= 4 is 0 Å². The molecule has 0 aliphatic rings. The van der Waals surface area contributed by atoms with Gasteiger partial charge in [-0.1, -0.05) is 0 Å². The first-order chi connectivity index (χ1) is 10.0. The summed E-state index contributed by atoms with van der Waals surface area (Å²) in [7, 11) is 0. The zero-order chi connectivity index (χ0) is 15.2. The molecule has 0 saturated carbocycles. The van der Waals surface area contributed by atoms with Gasteiger partial charge in [0.25, 0.3) is 0 Å². The first-order valence-corrected chi connectivity index (χ1v) is 6.60. The number of rotatable bonds is 6. The maximum absolute atomic E-state index is 9.12. The SMILES string of the molecule is CC(O)Oc1ccc(Oc2ccc(OC(C)O)cc2)cc1. The molecule has 0 aliphatic heterocycles. The Morgan fingerprint density at radius 3 is 1.19 bits per heavy atom. The molecule has 0 aromatic heterocycles. The molecule has 112 valence electrons. The standard InChI is InChI=1S/C16H18O5/c1-11(17)19-13-3-7-15(8-4-13)21-16-9-5-14(6-10-16)20-12(2)18/h3-12,17-18H,1-2H3. The second-order valence-electron chi connectivity index (χ2n) is 4.48. The van der Waals surface area contributed by atoms with Gasteiger partial charge in [0.1, 0.15) is 23.0 Å². The van der Waals surface area contributed by atoms with Crippen LogP contribution in [0.3, 0.4) is 0 Å². The maximum atomic E-state index is 9.12. The molecule has 21 heavy (non-hydrogen) atoms. The van der Waals surface area contributed by atoms with Gasteiger partial charge in [-0.2, -0.15) is 0 Å². The summed E-state index contributed by atoms with van der Waals surface area (Å²) in [5.74, 6) is 2.44. The predicted molar refractivity (Wildman–Crippen MR) is 77.6 cm³/mol. The highest BCUT2D eigenvalue weighted by Crippen LogP contribution is 2.26. The first kappa shape index (κ1) is 15.2. The van der Waals surface area contributed by atoms with E-state index in [0.29, 0.717) is 23.0 Å². The molecule has 0 heterocycles. The average Bonchev–Trinajstić information content (AvgIpc) is 2.42. The molecule has 2 aromatic rings. The predicted octanol–water partition coefficient (Wildman–Crippen LogP) is 2.91. The molecule has 2 aromatic carbocycles. The monoisotopic (exact) mass is 290 g/mol. The van der Waals surface area contributed by atoms with Crippen LogP contribution < -0.4 is 14.2 Å². The zero-order valence-electron chi connectivity index (χ0n) is 11.9. The van der Waals surface area contributed by atoms with Gasteiger partial charge in [0.2, 0.25) is 0 Å². The number of benzene rings is 2. The summed E-state index contributed by atoms with van der Waals surface area (Å²) in [4.78, 5) is 0. The van der Waals surface area contributed by atoms with Crippen molar-refractivity contribution in [3.05, 3.63) is 48.5 Å². The van der Waals surface area contributed by atoms with Gasteiger partial charge in [0, 0.05) is 0 Å². The molecule has 0 bridgehead atoms. The van der Waals surface area contributed by atoms with E-state index in [1.54, 1.807) is 62.4 Å². The van der Waals surface area contributed by atoms with Crippen LogP contribution in [0.15, 0.2) is 48.5 Å². The van der Waals surface area contributed by atoms with Gasteiger partial charge >= 0.3 is 0 Å². The second-order valence-corrected chi connectivity index (χ2v) is 4.48. The van der Waals surface area contributed by atoms with Crippen LogP contribution in [0.2, 0.25) is 0 Å². The molecule has 2 unspecified atom stereocenters. The van der Waals surface area contributed by atoms with Crippen molar-refractivity contribution in [3.63, 3.8) is 0 Å². The molecule has 0 radical (unpaired) electrons. The Hall–Kier alpha value is -2.24.